The number of hydrogen-bond donors (Lipinski definition) is 6. The quantitative estimate of drug-likeness (QED) is 0.232. The molecule has 8 heterocycles. The molecule has 8 aliphatic rings. The van der Waals surface area contributed by atoms with Crippen LogP contribution in [0.3, 0.4) is 0 Å². The molecule has 234 valence electrons. The Bertz CT molecular complexity index is 1250. The second-order valence-electron chi connectivity index (χ2n) is 12.4. The molecule has 0 radical (unpaired) electrons. The standard InChI is InChI=1S/C18H14O6.2C6H12N4/c19-13-5-11(6-14(20)17(13)23)9-1-2-10(4-3-9)12-7-15(21)18(24)16(22)8-12;2*1-7-2-9-4-8(1)5-10(3-7)6-9/h1-8,19-24H;2*1-6H2. The highest BCUT2D eigenvalue weighted by molar-refractivity contribution is 5.75. The van der Waals surface area contributed by atoms with Crippen LogP contribution in [-0.2, 0) is 0 Å². The lowest BCUT2D eigenvalue weighted by Gasteiger charge is -2.56. The van der Waals surface area contributed by atoms with E-state index in [2.05, 4.69) is 39.2 Å². The number of phenols is 6. The second kappa shape index (κ2) is 11.6. The van der Waals surface area contributed by atoms with Crippen LogP contribution in [0.4, 0.5) is 0 Å². The summed E-state index contributed by atoms with van der Waals surface area (Å²) in [6.07, 6.45) is 0. The SMILES string of the molecule is C1N2CN3CN1CN(C2)C3.C1N2CN3CN1CN(C2)C3.Oc1cc(-c2ccc(-c3cc(O)c(O)c(O)c3)cc2)cc(O)c1O. The number of benzene rings is 3. The molecule has 14 heteroatoms. The molecule has 0 amide bonds. The Morgan fingerprint density at radius 3 is 0.659 bits per heavy atom. The fraction of sp³-hybridized carbons (Fsp3) is 0.400. The van der Waals surface area contributed by atoms with E-state index in [4.69, 9.17) is 0 Å². The van der Waals surface area contributed by atoms with Gasteiger partial charge >= 0.3 is 0 Å². The maximum Gasteiger partial charge on any atom is 0.200 e. The first-order valence-electron chi connectivity index (χ1n) is 14.6. The summed E-state index contributed by atoms with van der Waals surface area (Å²) in [5.41, 5.74) is 2.37. The Morgan fingerprint density at radius 2 is 0.477 bits per heavy atom. The summed E-state index contributed by atoms with van der Waals surface area (Å²) in [5.74, 6) is -2.87. The van der Waals surface area contributed by atoms with Crippen LogP contribution in [0.1, 0.15) is 0 Å². The van der Waals surface area contributed by atoms with Crippen molar-refractivity contribution >= 4 is 0 Å². The van der Waals surface area contributed by atoms with Crippen molar-refractivity contribution in [1.82, 2.24) is 39.2 Å². The van der Waals surface area contributed by atoms with Crippen molar-refractivity contribution in [1.29, 1.82) is 0 Å². The van der Waals surface area contributed by atoms with Crippen LogP contribution in [0.5, 0.6) is 34.5 Å². The average Bonchev–Trinajstić information content (AvgIpc) is 2.98. The Balaban J connectivity index is 0.000000125. The van der Waals surface area contributed by atoms with E-state index >= 15 is 0 Å². The molecule has 8 bridgehead atoms. The number of aromatic hydroxyl groups is 6. The molecular formula is C30H38N8O6. The van der Waals surface area contributed by atoms with E-state index in [-0.39, 0.29) is 0 Å². The zero-order chi connectivity index (χ0) is 30.5. The molecule has 44 heavy (non-hydrogen) atoms. The van der Waals surface area contributed by atoms with Crippen LogP contribution in [0.25, 0.3) is 22.3 Å². The topological polar surface area (TPSA) is 147 Å². The zero-order valence-electron chi connectivity index (χ0n) is 24.4. The van der Waals surface area contributed by atoms with Crippen molar-refractivity contribution in [2.24, 2.45) is 0 Å². The van der Waals surface area contributed by atoms with Crippen LogP contribution >= 0.6 is 0 Å². The van der Waals surface area contributed by atoms with Gasteiger partial charge in [-0.25, -0.2) is 0 Å². The maximum absolute atomic E-state index is 9.57. The molecule has 8 fully saturated rings. The van der Waals surface area contributed by atoms with E-state index in [0.717, 1.165) is 0 Å². The Kier molecular flexibility index (Phi) is 7.60. The van der Waals surface area contributed by atoms with Gasteiger partial charge in [0.2, 0.25) is 0 Å². The lowest BCUT2D eigenvalue weighted by molar-refractivity contribution is -0.194. The molecule has 0 aromatic heterocycles. The van der Waals surface area contributed by atoms with E-state index in [9.17, 15) is 30.6 Å². The van der Waals surface area contributed by atoms with Crippen molar-refractivity contribution in [3.8, 4) is 56.8 Å². The summed E-state index contributed by atoms with van der Waals surface area (Å²) in [6, 6.07) is 12.1. The predicted octanol–water partition coefficient (Wildman–Crippen LogP) is 1.21. The van der Waals surface area contributed by atoms with Gasteiger partial charge in [0, 0.05) is 0 Å². The third-order valence-electron chi connectivity index (χ3n) is 8.49. The first-order valence-corrected chi connectivity index (χ1v) is 14.6. The molecule has 11 rings (SSSR count). The lowest BCUT2D eigenvalue weighted by Crippen LogP contribution is -2.71. The van der Waals surface area contributed by atoms with Crippen LogP contribution in [0.2, 0.25) is 0 Å². The second-order valence-corrected chi connectivity index (χ2v) is 12.4. The predicted molar refractivity (Wildman–Crippen MR) is 160 cm³/mol. The van der Waals surface area contributed by atoms with Gasteiger partial charge in [-0.3, -0.25) is 39.2 Å². The van der Waals surface area contributed by atoms with Gasteiger partial charge in [0.25, 0.3) is 0 Å². The molecule has 0 spiro atoms. The van der Waals surface area contributed by atoms with Crippen LogP contribution in [-0.4, -0.2) is 150 Å². The summed E-state index contributed by atoms with van der Waals surface area (Å²) in [5, 5.41) is 57.0. The van der Waals surface area contributed by atoms with E-state index < -0.39 is 34.5 Å². The number of hydrogen-bond acceptors (Lipinski definition) is 14. The molecule has 0 aliphatic carbocycles. The first kappa shape index (κ1) is 28.9. The fourth-order valence-corrected chi connectivity index (χ4v) is 6.86. The number of nitrogens with zero attached hydrogens (tertiary/aromatic N) is 8. The van der Waals surface area contributed by atoms with Crippen molar-refractivity contribution in [3.63, 3.8) is 0 Å². The highest BCUT2D eigenvalue weighted by Gasteiger charge is 2.37. The van der Waals surface area contributed by atoms with Gasteiger partial charge in [0.05, 0.1) is 80.0 Å². The molecule has 3 aromatic carbocycles. The van der Waals surface area contributed by atoms with Crippen LogP contribution in [0.15, 0.2) is 48.5 Å². The van der Waals surface area contributed by atoms with Crippen molar-refractivity contribution in [2.75, 3.05) is 80.0 Å². The van der Waals surface area contributed by atoms with Gasteiger partial charge in [-0.05, 0) is 46.5 Å². The molecule has 8 saturated heterocycles. The average molecular weight is 607 g/mol. The van der Waals surface area contributed by atoms with Crippen molar-refractivity contribution in [3.05, 3.63) is 48.5 Å². The fourth-order valence-electron chi connectivity index (χ4n) is 6.86. The minimum atomic E-state index is -0.578. The largest absolute Gasteiger partial charge is 0.504 e. The third-order valence-corrected chi connectivity index (χ3v) is 8.49. The van der Waals surface area contributed by atoms with E-state index in [1.165, 1.54) is 104 Å². The summed E-state index contributed by atoms with van der Waals surface area (Å²) < 4.78 is 0. The van der Waals surface area contributed by atoms with Gasteiger partial charge < -0.3 is 30.6 Å². The summed E-state index contributed by atoms with van der Waals surface area (Å²) in [4.78, 5) is 19.8. The molecule has 3 aromatic rings. The van der Waals surface area contributed by atoms with Crippen molar-refractivity contribution in [2.45, 2.75) is 0 Å². The maximum atomic E-state index is 9.57. The molecule has 0 saturated carbocycles. The smallest absolute Gasteiger partial charge is 0.200 e. The van der Waals surface area contributed by atoms with Gasteiger partial charge in [0.15, 0.2) is 34.5 Å². The van der Waals surface area contributed by atoms with Gasteiger partial charge in [0.1, 0.15) is 0 Å². The third kappa shape index (κ3) is 5.94. The first-order chi connectivity index (χ1) is 21.2. The van der Waals surface area contributed by atoms with Gasteiger partial charge in [-0.1, -0.05) is 24.3 Å². The number of phenolic OH excluding ortho intramolecular Hbond substituents is 6. The minimum absolute atomic E-state index is 0.428. The highest BCUT2D eigenvalue weighted by Crippen LogP contribution is 2.41. The molecule has 8 aliphatic heterocycles. The van der Waals surface area contributed by atoms with Crippen molar-refractivity contribution < 1.29 is 30.6 Å². The molecular weight excluding hydrogens is 568 g/mol. The molecule has 0 unspecified atom stereocenters. The summed E-state index contributed by atoms with van der Waals surface area (Å²) >= 11 is 0. The number of rotatable bonds is 2. The Morgan fingerprint density at radius 1 is 0.295 bits per heavy atom. The lowest BCUT2D eigenvalue weighted by atomic mass is 9.99. The van der Waals surface area contributed by atoms with Crippen LogP contribution < -0.4 is 0 Å². The van der Waals surface area contributed by atoms with E-state index in [1.54, 1.807) is 24.3 Å². The zero-order valence-corrected chi connectivity index (χ0v) is 24.4. The molecule has 6 N–H and O–H groups in total. The highest BCUT2D eigenvalue weighted by atomic mass is 16.3. The monoisotopic (exact) mass is 606 g/mol. The normalized spacial score (nSPS) is 32.0. The van der Waals surface area contributed by atoms with Gasteiger partial charge in [-0.2, -0.15) is 0 Å². The summed E-state index contributed by atoms with van der Waals surface area (Å²) in [6.45, 7) is 14.2. The van der Waals surface area contributed by atoms with Crippen LogP contribution in [0, 0.1) is 0 Å². The van der Waals surface area contributed by atoms with Gasteiger partial charge in [-0.15, -0.1) is 0 Å². The minimum Gasteiger partial charge on any atom is -0.504 e. The molecule has 0 atom stereocenters. The van der Waals surface area contributed by atoms with E-state index in [1.807, 2.05) is 0 Å². The molecule has 14 nitrogen and oxygen atoms in total. The Labute approximate surface area is 255 Å². The Hall–Kier alpha value is -3.86. The van der Waals surface area contributed by atoms with E-state index in [0.29, 0.717) is 22.3 Å². The summed E-state index contributed by atoms with van der Waals surface area (Å²) in [7, 11) is 0.